The van der Waals surface area contributed by atoms with Crippen molar-refractivity contribution in [3.63, 3.8) is 0 Å². The maximum absolute atomic E-state index is 11.8. The molecule has 1 heterocycles. The number of rotatable bonds is 7. The lowest BCUT2D eigenvalue weighted by Crippen LogP contribution is -2.49. The molecule has 0 aliphatic carbocycles. The van der Waals surface area contributed by atoms with Crippen LogP contribution in [0, 0.1) is 5.92 Å². The van der Waals surface area contributed by atoms with E-state index in [0.717, 1.165) is 6.42 Å². The van der Waals surface area contributed by atoms with Gasteiger partial charge in [-0.05, 0) is 19.3 Å². The van der Waals surface area contributed by atoms with Crippen LogP contribution in [-0.2, 0) is 11.2 Å². The van der Waals surface area contributed by atoms with Crippen LogP contribution in [0.15, 0.2) is 12.5 Å². The van der Waals surface area contributed by atoms with Gasteiger partial charge in [0.2, 0.25) is 0 Å². The van der Waals surface area contributed by atoms with Crippen molar-refractivity contribution in [2.45, 2.75) is 45.7 Å². The standard InChI is InChI=1S/C13H22N4O3/c1-8(2)4-9(3)16-13(20)17-11(12(18)19)5-10-6-14-7-15-10/h6-9,11H,4-5H2,1-3H3,(H,14,15)(H,18,19)(H2,16,17,20)/t9?,11-/m0/s1. The molecule has 0 saturated heterocycles. The number of hydrogen-bond acceptors (Lipinski definition) is 3. The number of carbonyl (C=O) groups excluding carboxylic acids is 1. The van der Waals surface area contributed by atoms with E-state index in [2.05, 4.69) is 34.4 Å². The van der Waals surface area contributed by atoms with E-state index in [0.29, 0.717) is 11.6 Å². The summed E-state index contributed by atoms with van der Waals surface area (Å²) in [5.74, 6) is -0.614. The summed E-state index contributed by atoms with van der Waals surface area (Å²) >= 11 is 0. The van der Waals surface area contributed by atoms with Crippen LogP contribution in [0.2, 0.25) is 0 Å². The smallest absolute Gasteiger partial charge is 0.326 e. The molecule has 4 N–H and O–H groups in total. The predicted molar refractivity (Wildman–Crippen MR) is 74.3 cm³/mol. The highest BCUT2D eigenvalue weighted by Crippen LogP contribution is 2.04. The van der Waals surface area contributed by atoms with E-state index in [1.165, 1.54) is 12.5 Å². The number of aromatic amines is 1. The molecule has 0 radical (unpaired) electrons. The second-order valence-electron chi connectivity index (χ2n) is 5.32. The molecule has 7 heteroatoms. The van der Waals surface area contributed by atoms with Crippen molar-refractivity contribution in [3.05, 3.63) is 18.2 Å². The first-order valence-corrected chi connectivity index (χ1v) is 6.65. The van der Waals surface area contributed by atoms with Gasteiger partial charge in [0.05, 0.1) is 6.33 Å². The summed E-state index contributed by atoms with van der Waals surface area (Å²) in [7, 11) is 0. The Hall–Kier alpha value is -2.05. The van der Waals surface area contributed by atoms with Gasteiger partial charge in [0, 0.05) is 24.4 Å². The van der Waals surface area contributed by atoms with Crippen LogP contribution in [-0.4, -0.2) is 39.2 Å². The van der Waals surface area contributed by atoms with E-state index < -0.39 is 18.0 Å². The van der Waals surface area contributed by atoms with Gasteiger partial charge in [0.15, 0.2) is 0 Å². The number of H-pyrrole nitrogens is 1. The monoisotopic (exact) mass is 282 g/mol. The summed E-state index contributed by atoms with van der Waals surface area (Å²) in [5, 5.41) is 14.3. The number of aliphatic carboxylic acids is 1. The molecule has 0 aliphatic rings. The predicted octanol–water partition coefficient (Wildman–Crippen LogP) is 1.14. The lowest BCUT2D eigenvalue weighted by molar-refractivity contribution is -0.139. The fraction of sp³-hybridized carbons (Fsp3) is 0.615. The Morgan fingerprint density at radius 1 is 1.35 bits per heavy atom. The zero-order valence-corrected chi connectivity index (χ0v) is 12.0. The van der Waals surface area contributed by atoms with Crippen molar-refractivity contribution in [2.24, 2.45) is 5.92 Å². The summed E-state index contributed by atoms with van der Waals surface area (Å²) in [6.07, 6.45) is 4.02. The topological polar surface area (TPSA) is 107 Å². The van der Waals surface area contributed by atoms with Crippen LogP contribution < -0.4 is 10.6 Å². The van der Waals surface area contributed by atoms with Gasteiger partial charge in [0.25, 0.3) is 0 Å². The number of urea groups is 1. The second kappa shape index (κ2) is 7.52. The summed E-state index contributed by atoms with van der Waals surface area (Å²) in [6, 6.07) is -1.46. The Labute approximate surface area is 118 Å². The van der Waals surface area contributed by atoms with Gasteiger partial charge in [-0.25, -0.2) is 14.6 Å². The molecule has 2 atom stereocenters. The molecule has 0 fully saturated rings. The van der Waals surface area contributed by atoms with E-state index in [-0.39, 0.29) is 12.5 Å². The molecule has 0 aromatic carbocycles. The molecule has 112 valence electrons. The minimum atomic E-state index is -1.08. The lowest BCUT2D eigenvalue weighted by Gasteiger charge is -2.19. The summed E-state index contributed by atoms with van der Waals surface area (Å²) in [4.78, 5) is 29.5. The van der Waals surface area contributed by atoms with E-state index in [1.54, 1.807) is 0 Å². The molecule has 2 amide bonds. The highest BCUT2D eigenvalue weighted by atomic mass is 16.4. The maximum atomic E-state index is 11.8. The normalized spacial score (nSPS) is 13.8. The van der Waals surface area contributed by atoms with Gasteiger partial charge in [-0.1, -0.05) is 13.8 Å². The average Bonchev–Trinajstić information content (AvgIpc) is 2.79. The number of imidazole rings is 1. The van der Waals surface area contributed by atoms with Gasteiger partial charge in [-0.15, -0.1) is 0 Å². The molecule has 0 aliphatic heterocycles. The van der Waals surface area contributed by atoms with Crippen LogP contribution in [0.1, 0.15) is 32.9 Å². The number of hydrogen-bond donors (Lipinski definition) is 4. The van der Waals surface area contributed by atoms with Crippen molar-refractivity contribution in [1.29, 1.82) is 0 Å². The first kappa shape index (κ1) is 16.0. The minimum absolute atomic E-state index is 0.00315. The van der Waals surface area contributed by atoms with Crippen molar-refractivity contribution in [1.82, 2.24) is 20.6 Å². The number of nitrogens with zero attached hydrogens (tertiary/aromatic N) is 1. The molecule has 1 aromatic heterocycles. The van der Waals surface area contributed by atoms with Gasteiger partial charge in [-0.3, -0.25) is 0 Å². The van der Waals surface area contributed by atoms with Crippen LogP contribution in [0.5, 0.6) is 0 Å². The fourth-order valence-electron chi connectivity index (χ4n) is 2.01. The average molecular weight is 282 g/mol. The Kier molecular flexibility index (Phi) is 6.02. The van der Waals surface area contributed by atoms with Crippen LogP contribution in [0.4, 0.5) is 4.79 Å². The van der Waals surface area contributed by atoms with Crippen molar-refractivity contribution in [2.75, 3.05) is 0 Å². The largest absolute Gasteiger partial charge is 0.480 e. The van der Waals surface area contributed by atoms with E-state index in [9.17, 15) is 9.59 Å². The molecule has 7 nitrogen and oxygen atoms in total. The molecule has 1 rings (SSSR count). The SMILES string of the molecule is CC(C)CC(C)NC(=O)N[C@@H](Cc1cnc[nH]1)C(=O)O. The number of carboxylic acid groups (broad SMARTS) is 1. The van der Waals surface area contributed by atoms with Crippen LogP contribution in [0.3, 0.4) is 0 Å². The molecular formula is C13H22N4O3. The summed E-state index contributed by atoms with van der Waals surface area (Å²) < 4.78 is 0. The number of carbonyl (C=O) groups is 2. The molecule has 20 heavy (non-hydrogen) atoms. The third-order valence-corrected chi connectivity index (χ3v) is 2.78. The van der Waals surface area contributed by atoms with Crippen molar-refractivity contribution >= 4 is 12.0 Å². The first-order valence-electron chi connectivity index (χ1n) is 6.65. The quantitative estimate of drug-likeness (QED) is 0.601. The van der Waals surface area contributed by atoms with E-state index >= 15 is 0 Å². The third kappa shape index (κ3) is 5.73. The maximum Gasteiger partial charge on any atom is 0.326 e. The van der Waals surface area contributed by atoms with E-state index in [1.807, 2.05) is 6.92 Å². The van der Waals surface area contributed by atoms with Gasteiger partial charge >= 0.3 is 12.0 Å². The fourth-order valence-corrected chi connectivity index (χ4v) is 2.01. The number of carboxylic acids is 1. The molecule has 0 saturated carbocycles. The number of aromatic nitrogens is 2. The molecule has 0 spiro atoms. The van der Waals surface area contributed by atoms with Crippen molar-refractivity contribution < 1.29 is 14.7 Å². The molecule has 1 aromatic rings. The number of amides is 2. The molecular weight excluding hydrogens is 260 g/mol. The Bertz CT molecular complexity index is 431. The molecule has 0 bridgehead atoms. The summed E-state index contributed by atoms with van der Waals surface area (Å²) in [5.41, 5.74) is 0.660. The highest BCUT2D eigenvalue weighted by molar-refractivity contribution is 5.82. The second-order valence-corrected chi connectivity index (χ2v) is 5.32. The highest BCUT2D eigenvalue weighted by Gasteiger charge is 2.21. The number of nitrogens with one attached hydrogen (secondary N) is 3. The van der Waals surface area contributed by atoms with Crippen LogP contribution >= 0.6 is 0 Å². The van der Waals surface area contributed by atoms with Crippen molar-refractivity contribution in [3.8, 4) is 0 Å². The van der Waals surface area contributed by atoms with Gasteiger partial charge in [-0.2, -0.15) is 0 Å². The van der Waals surface area contributed by atoms with E-state index in [4.69, 9.17) is 5.11 Å². The lowest BCUT2D eigenvalue weighted by atomic mass is 10.1. The van der Waals surface area contributed by atoms with Gasteiger partial charge < -0.3 is 20.7 Å². The Balaban J connectivity index is 2.49. The van der Waals surface area contributed by atoms with Crippen LogP contribution in [0.25, 0.3) is 0 Å². The third-order valence-electron chi connectivity index (χ3n) is 2.78. The zero-order valence-electron chi connectivity index (χ0n) is 12.0. The molecule has 1 unspecified atom stereocenters. The first-order chi connectivity index (χ1) is 9.38. The zero-order chi connectivity index (χ0) is 15.1. The Morgan fingerprint density at radius 3 is 2.55 bits per heavy atom. The van der Waals surface area contributed by atoms with Gasteiger partial charge in [0.1, 0.15) is 6.04 Å². The summed E-state index contributed by atoms with van der Waals surface area (Å²) in [6.45, 7) is 6.02. The minimum Gasteiger partial charge on any atom is -0.480 e. The Morgan fingerprint density at radius 2 is 2.05 bits per heavy atom.